The molecular formula is C30H37N9O. The van der Waals surface area contributed by atoms with Gasteiger partial charge in [0.2, 0.25) is 0 Å². The van der Waals surface area contributed by atoms with Crippen LogP contribution in [-0.2, 0) is 5.41 Å². The molecule has 5 heterocycles. The summed E-state index contributed by atoms with van der Waals surface area (Å²) >= 11 is 0. The second-order valence-electron chi connectivity index (χ2n) is 11.6. The molecule has 0 saturated carbocycles. The van der Waals surface area contributed by atoms with Crippen molar-refractivity contribution in [2.24, 2.45) is 0 Å². The predicted molar refractivity (Wildman–Crippen MR) is 157 cm³/mol. The van der Waals surface area contributed by atoms with Gasteiger partial charge in [-0.2, -0.15) is 0 Å². The molecule has 0 unspecified atom stereocenters. The maximum Gasteiger partial charge on any atom is 0.257 e. The molecule has 40 heavy (non-hydrogen) atoms. The lowest BCUT2D eigenvalue weighted by Gasteiger charge is -2.38. The van der Waals surface area contributed by atoms with Crippen molar-refractivity contribution in [2.45, 2.75) is 53.0 Å². The summed E-state index contributed by atoms with van der Waals surface area (Å²) in [6.07, 6.45) is 8.84. The Morgan fingerprint density at radius 3 is 2.50 bits per heavy atom. The van der Waals surface area contributed by atoms with Crippen LogP contribution in [0.4, 0.5) is 11.4 Å². The molecule has 0 aromatic carbocycles. The number of aryl methyl sites for hydroxylation is 1. The largest absolute Gasteiger partial charge is 0.368 e. The fourth-order valence-electron chi connectivity index (χ4n) is 4.75. The molecule has 1 N–H and O–H groups in total. The smallest absolute Gasteiger partial charge is 0.257 e. The predicted octanol–water partition coefficient (Wildman–Crippen LogP) is 4.51. The number of hydrogen-bond acceptors (Lipinski definition) is 8. The van der Waals surface area contributed by atoms with E-state index in [1.165, 1.54) is 0 Å². The molecule has 4 aromatic heterocycles. The van der Waals surface area contributed by atoms with Crippen molar-refractivity contribution in [3.63, 3.8) is 0 Å². The van der Waals surface area contributed by atoms with Crippen molar-refractivity contribution in [1.82, 2.24) is 34.8 Å². The van der Waals surface area contributed by atoms with Gasteiger partial charge in [0.05, 0.1) is 35.0 Å². The molecule has 0 bridgehead atoms. The molecule has 1 saturated heterocycles. The number of rotatable bonds is 6. The molecule has 0 aliphatic carbocycles. The van der Waals surface area contributed by atoms with Crippen LogP contribution in [0.25, 0.3) is 16.9 Å². The molecule has 1 fully saturated rings. The number of nitrogens with zero attached hydrogens (tertiary/aromatic N) is 8. The number of carbonyl (C=O) groups is 1. The van der Waals surface area contributed by atoms with Crippen LogP contribution in [0, 0.1) is 6.92 Å². The van der Waals surface area contributed by atoms with E-state index < -0.39 is 0 Å². The van der Waals surface area contributed by atoms with Gasteiger partial charge in [0.1, 0.15) is 5.69 Å². The zero-order chi connectivity index (χ0) is 28.4. The minimum atomic E-state index is -0.255. The zero-order valence-corrected chi connectivity index (χ0v) is 24.1. The number of piperazine rings is 1. The number of anilines is 2. The topological polar surface area (TPSA) is 105 Å². The normalized spacial score (nSPS) is 14.5. The highest BCUT2D eigenvalue weighted by atomic mass is 16.1. The molecule has 4 aromatic rings. The summed E-state index contributed by atoms with van der Waals surface area (Å²) in [6.45, 7) is 16.6. The third kappa shape index (κ3) is 6.02. The summed E-state index contributed by atoms with van der Waals surface area (Å²) in [6, 6.07) is 8.14. The second kappa shape index (κ2) is 11.1. The first-order chi connectivity index (χ1) is 19.1. The van der Waals surface area contributed by atoms with E-state index in [9.17, 15) is 4.79 Å². The van der Waals surface area contributed by atoms with E-state index in [2.05, 4.69) is 81.1 Å². The highest BCUT2D eigenvalue weighted by Gasteiger charge is 2.20. The molecule has 1 aliphatic rings. The van der Waals surface area contributed by atoms with E-state index in [4.69, 9.17) is 0 Å². The fraction of sp³-hybridized carbons (Fsp3) is 0.400. The van der Waals surface area contributed by atoms with Gasteiger partial charge in [-0.15, -0.1) is 5.10 Å². The third-order valence-electron chi connectivity index (χ3n) is 7.28. The van der Waals surface area contributed by atoms with Gasteiger partial charge in [0.25, 0.3) is 5.91 Å². The fourth-order valence-corrected chi connectivity index (χ4v) is 4.75. The molecule has 1 aliphatic heterocycles. The monoisotopic (exact) mass is 539 g/mol. The van der Waals surface area contributed by atoms with Crippen molar-refractivity contribution in [3.05, 3.63) is 72.2 Å². The Balaban J connectivity index is 1.34. The Bertz CT molecular complexity index is 1500. The van der Waals surface area contributed by atoms with Crippen molar-refractivity contribution in [2.75, 3.05) is 36.4 Å². The molecule has 5 rings (SSSR count). The lowest BCUT2D eigenvalue weighted by atomic mass is 9.91. The van der Waals surface area contributed by atoms with Gasteiger partial charge < -0.3 is 10.2 Å². The van der Waals surface area contributed by atoms with E-state index in [-0.39, 0.29) is 11.3 Å². The molecule has 1 amide bonds. The Morgan fingerprint density at radius 2 is 1.77 bits per heavy atom. The van der Waals surface area contributed by atoms with Gasteiger partial charge in [0, 0.05) is 73.2 Å². The Hall–Kier alpha value is -4.18. The van der Waals surface area contributed by atoms with E-state index in [0.717, 1.165) is 48.8 Å². The summed E-state index contributed by atoms with van der Waals surface area (Å²) in [5.74, 6) is -0.255. The molecule has 0 atom stereocenters. The Labute approximate surface area is 235 Å². The minimum absolute atomic E-state index is 0.123. The molecule has 10 heteroatoms. The molecule has 208 valence electrons. The van der Waals surface area contributed by atoms with Crippen LogP contribution < -0.4 is 10.2 Å². The number of pyridine rings is 3. The second-order valence-corrected chi connectivity index (χ2v) is 11.6. The average Bonchev–Trinajstić information content (AvgIpc) is 3.43. The van der Waals surface area contributed by atoms with Crippen LogP contribution >= 0.6 is 0 Å². The molecule has 10 nitrogen and oxygen atoms in total. The van der Waals surface area contributed by atoms with Crippen LogP contribution in [0.2, 0.25) is 0 Å². The van der Waals surface area contributed by atoms with Gasteiger partial charge in [-0.25, -0.2) is 4.68 Å². The maximum absolute atomic E-state index is 13.1. The Kier molecular flexibility index (Phi) is 7.62. The van der Waals surface area contributed by atoms with Crippen LogP contribution in [0.3, 0.4) is 0 Å². The summed E-state index contributed by atoms with van der Waals surface area (Å²) in [5.41, 5.74) is 5.99. The Morgan fingerprint density at radius 1 is 1.00 bits per heavy atom. The van der Waals surface area contributed by atoms with Gasteiger partial charge in [0.15, 0.2) is 0 Å². The first-order valence-corrected chi connectivity index (χ1v) is 13.7. The summed E-state index contributed by atoms with van der Waals surface area (Å²) < 4.78 is 1.66. The van der Waals surface area contributed by atoms with Gasteiger partial charge in [-0.1, -0.05) is 26.0 Å². The quantitative estimate of drug-likeness (QED) is 0.382. The summed E-state index contributed by atoms with van der Waals surface area (Å²) in [5, 5.41) is 11.7. The number of nitrogens with one attached hydrogen (secondary N) is 1. The lowest BCUT2D eigenvalue weighted by Crippen LogP contribution is -2.48. The third-order valence-corrected chi connectivity index (χ3v) is 7.28. The minimum Gasteiger partial charge on any atom is -0.368 e. The van der Waals surface area contributed by atoms with Crippen LogP contribution in [0.1, 0.15) is 56.4 Å². The standard InChI is InChI=1S/C30H37N9O/c1-20(2)37-9-11-38(12-10-37)25-13-22(16-31-18-25)26-19-39(36-35-26)27-14-23(17-33-21(27)3)29(40)34-24-7-8-32-28(15-24)30(4,5)6/h7-8,13-20H,9-12H2,1-6H3,(H,32,34,40). The van der Waals surface area contributed by atoms with Gasteiger partial charge in [-0.3, -0.25) is 24.6 Å². The highest BCUT2D eigenvalue weighted by molar-refractivity contribution is 6.04. The van der Waals surface area contributed by atoms with E-state index >= 15 is 0 Å². The van der Waals surface area contributed by atoms with Crippen LogP contribution in [0.15, 0.2) is 55.2 Å². The number of amides is 1. The van der Waals surface area contributed by atoms with Crippen molar-refractivity contribution in [1.29, 1.82) is 0 Å². The first kappa shape index (κ1) is 27.4. The van der Waals surface area contributed by atoms with Gasteiger partial charge in [-0.05, 0) is 45.0 Å². The number of carbonyl (C=O) groups excluding carboxylic acids is 1. The number of hydrogen-bond donors (Lipinski definition) is 1. The summed E-state index contributed by atoms with van der Waals surface area (Å²) in [4.78, 5) is 31.3. The summed E-state index contributed by atoms with van der Waals surface area (Å²) in [7, 11) is 0. The molecular weight excluding hydrogens is 502 g/mol. The first-order valence-electron chi connectivity index (χ1n) is 13.7. The van der Waals surface area contributed by atoms with Crippen LogP contribution in [0.5, 0.6) is 0 Å². The maximum atomic E-state index is 13.1. The van der Waals surface area contributed by atoms with Crippen LogP contribution in [-0.4, -0.2) is 73.0 Å². The zero-order valence-electron chi connectivity index (χ0n) is 24.1. The van der Waals surface area contributed by atoms with Crippen molar-refractivity contribution >= 4 is 17.3 Å². The molecule has 0 radical (unpaired) electrons. The van der Waals surface area contributed by atoms with E-state index in [1.807, 2.05) is 25.4 Å². The lowest BCUT2D eigenvalue weighted by molar-refractivity contribution is 0.102. The van der Waals surface area contributed by atoms with E-state index in [0.29, 0.717) is 28.7 Å². The van der Waals surface area contributed by atoms with Crippen molar-refractivity contribution in [3.8, 4) is 16.9 Å². The van der Waals surface area contributed by atoms with E-state index in [1.54, 1.807) is 35.4 Å². The van der Waals surface area contributed by atoms with Crippen molar-refractivity contribution < 1.29 is 4.79 Å². The number of aromatic nitrogens is 6. The highest BCUT2D eigenvalue weighted by Crippen LogP contribution is 2.25. The SMILES string of the molecule is Cc1ncc(C(=O)Nc2ccnc(C(C)(C)C)c2)cc1-n1cc(-c2cncc(N3CCN(C(C)C)CC3)c2)nn1. The van der Waals surface area contributed by atoms with Gasteiger partial charge >= 0.3 is 0 Å². The molecule has 0 spiro atoms. The average molecular weight is 540 g/mol.